The van der Waals surface area contributed by atoms with Crippen LogP contribution >= 0.6 is 24.0 Å². The lowest BCUT2D eigenvalue weighted by molar-refractivity contribution is 0.285. The minimum absolute atomic E-state index is 0.119. The molecule has 0 unspecified atom stereocenters. The van der Waals surface area contributed by atoms with E-state index < -0.39 is 0 Å². The van der Waals surface area contributed by atoms with Crippen LogP contribution in [-0.4, -0.2) is 5.11 Å². The van der Waals surface area contributed by atoms with E-state index in [0.717, 1.165) is 21.6 Å². The molecule has 74 valence electrons. The second-order valence-corrected chi connectivity index (χ2v) is 4.90. The average molecular weight is 224 g/mol. The van der Waals surface area contributed by atoms with Gasteiger partial charge in [0.2, 0.25) is 0 Å². The Morgan fingerprint density at radius 3 is 2.79 bits per heavy atom. The minimum atomic E-state index is 0.119. The zero-order valence-electron chi connectivity index (χ0n) is 7.95. The van der Waals surface area contributed by atoms with Crippen molar-refractivity contribution in [2.75, 3.05) is 0 Å². The predicted octanol–water partition coefficient (Wildman–Crippen LogP) is 3.24. The first-order valence-electron chi connectivity index (χ1n) is 4.59. The molecule has 1 nitrogen and oxygen atoms in total. The Kier molecular flexibility index (Phi) is 2.81. The fourth-order valence-corrected chi connectivity index (χ4v) is 2.95. The summed E-state index contributed by atoms with van der Waals surface area (Å²) < 4.78 is 1.22. The molecule has 1 heterocycles. The van der Waals surface area contributed by atoms with Crippen molar-refractivity contribution in [2.24, 2.45) is 0 Å². The van der Waals surface area contributed by atoms with Crippen LogP contribution in [0.3, 0.4) is 0 Å². The molecule has 1 aromatic carbocycles. The first-order valence-corrected chi connectivity index (χ1v) is 5.86. The molecule has 0 aliphatic rings. The lowest BCUT2D eigenvalue weighted by Crippen LogP contribution is -1.79. The minimum Gasteiger partial charge on any atom is -0.391 e. The van der Waals surface area contributed by atoms with Crippen molar-refractivity contribution in [1.82, 2.24) is 0 Å². The smallest absolute Gasteiger partial charge is 0.0774 e. The molecule has 14 heavy (non-hydrogen) atoms. The van der Waals surface area contributed by atoms with Crippen molar-refractivity contribution < 1.29 is 5.11 Å². The molecule has 0 saturated heterocycles. The molecule has 2 aromatic rings. The highest BCUT2D eigenvalue weighted by Crippen LogP contribution is 2.31. The molecule has 1 aromatic heterocycles. The van der Waals surface area contributed by atoms with Crippen molar-refractivity contribution in [3.8, 4) is 0 Å². The maximum atomic E-state index is 9.04. The van der Waals surface area contributed by atoms with Crippen molar-refractivity contribution in [1.29, 1.82) is 0 Å². The molecule has 1 N–H and O–H groups in total. The van der Waals surface area contributed by atoms with E-state index in [4.69, 9.17) is 5.11 Å². The quantitative estimate of drug-likeness (QED) is 0.750. The van der Waals surface area contributed by atoms with Crippen LogP contribution in [0.4, 0.5) is 0 Å². The van der Waals surface area contributed by atoms with Crippen LogP contribution in [0.2, 0.25) is 0 Å². The molecule has 2 rings (SSSR count). The van der Waals surface area contributed by atoms with E-state index in [2.05, 4.69) is 31.7 Å². The molecular formula is C11H12OS2. The summed E-state index contributed by atoms with van der Waals surface area (Å²) >= 11 is 6.09. The first kappa shape index (κ1) is 10.0. The molecule has 0 aliphatic heterocycles. The fraction of sp³-hybridized carbons (Fsp3) is 0.273. The van der Waals surface area contributed by atoms with Crippen molar-refractivity contribution in [2.45, 2.75) is 24.8 Å². The molecule has 0 bridgehead atoms. The van der Waals surface area contributed by atoms with E-state index in [0.29, 0.717) is 0 Å². The van der Waals surface area contributed by atoms with Gasteiger partial charge < -0.3 is 5.11 Å². The molecule has 0 amide bonds. The van der Waals surface area contributed by atoms with Crippen LogP contribution < -0.4 is 0 Å². The summed E-state index contributed by atoms with van der Waals surface area (Å²) in [5.74, 6) is 0. The number of rotatable bonds is 2. The lowest BCUT2D eigenvalue weighted by Gasteiger charge is -1.99. The lowest BCUT2D eigenvalue weighted by atomic mass is 10.1. The van der Waals surface area contributed by atoms with Gasteiger partial charge in [-0.15, -0.1) is 24.0 Å². The van der Waals surface area contributed by atoms with Crippen LogP contribution in [0.5, 0.6) is 0 Å². The predicted molar refractivity (Wildman–Crippen MR) is 64.4 cm³/mol. The third-order valence-electron chi connectivity index (χ3n) is 2.29. The van der Waals surface area contributed by atoms with Crippen LogP contribution in [-0.2, 0) is 13.0 Å². The Hall–Kier alpha value is -0.510. The van der Waals surface area contributed by atoms with Gasteiger partial charge in [-0.3, -0.25) is 0 Å². The number of aryl methyl sites for hydroxylation is 1. The van der Waals surface area contributed by atoms with Gasteiger partial charge in [-0.25, -0.2) is 0 Å². The zero-order chi connectivity index (χ0) is 10.1. The summed E-state index contributed by atoms with van der Waals surface area (Å²) in [7, 11) is 0. The Labute approximate surface area is 92.8 Å². The Balaban J connectivity index is 2.67. The van der Waals surface area contributed by atoms with E-state index in [1.807, 2.05) is 6.07 Å². The number of fused-ring (bicyclic) bond motifs is 1. The summed E-state index contributed by atoms with van der Waals surface area (Å²) in [4.78, 5) is 2.01. The molecule has 0 saturated carbocycles. The summed E-state index contributed by atoms with van der Waals surface area (Å²) in [5, 5.41) is 10.2. The third kappa shape index (κ3) is 1.67. The first-order chi connectivity index (χ1) is 6.74. The van der Waals surface area contributed by atoms with E-state index in [9.17, 15) is 0 Å². The van der Waals surface area contributed by atoms with Crippen molar-refractivity contribution in [3.63, 3.8) is 0 Å². The SMILES string of the molecule is CCc1cc(S)c2cc(CO)sc2c1. The normalized spacial score (nSPS) is 11.1. The summed E-state index contributed by atoms with van der Waals surface area (Å²) in [5.41, 5.74) is 1.30. The Morgan fingerprint density at radius 2 is 2.14 bits per heavy atom. The van der Waals surface area contributed by atoms with Crippen LogP contribution in [0.25, 0.3) is 10.1 Å². The second kappa shape index (κ2) is 3.93. The number of thiol groups is 1. The fourth-order valence-electron chi connectivity index (χ4n) is 1.51. The topological polar surface area (TPSA) is 20.2 Å². The average Bonchev–Trinajstić information content (AvgIpc) is 2.61. The third-order valence-corrected chi connectivity index (χ3v) is 3.73. The number of thiophene rings is 1. The highest BCUT2D eigenvalue weighted by Gasteiger charge is 2.05. The number of hydrogen-bond acceptors (Lipinski definition) is 3. The maximum absolute atomic E-state index is 9.04. The van der Waals surface area contributed by atoms with Gasteiger partial charge in [0.25, 0.3) is 0 Å². The van der Waals surface area contributed by atoms with Gasteiger partial charge in [-0.05, 0) is 30.2 Å². The second-order valence-electron chi connectivity index (χ2n) is 3.25. The molecule has 0 fully saturated rings. The highest BCUT2D eigenvalue weighted by molar-refractivity contribution is 7.80. The van der Waals surface area contributed by atoms with E-state index in [1.165, 1.54) is 10.3 Å². The summed E-state index contributed by atoms with van der Waals surface area (Å²) in [6, 6.07) is 6.29. The zero-order valence-corrected chi connectivity index (χ0v) is 9.66. The Morgan fingerprint density at radius 1 is 1.36 bits per heavy atom. The molecule has 0 spiro atoms. The number of aliphatic hydroxyl groups excluding tert-OH is 1. The molecule has 0 aliphatic carbocycles. The van der Waals surface area contributed by atoms with E-state index in [1.54, 1.807) is 11.3 Å². The number of hydrogen-bond donors (Lipinski definition) is 2. The Bertz CT molecular complexity index is 460. The molecule has 0 atom stereocenters. The molecule has 0 radical (unpaired) electrons. The number of aliphatic hydroxyl groups is 1. The van der Waals surface area contributed by atoms with Gasteiger partial charge >= 0.3 is 0 Å². The van der Waals surface area contributed by atoms with Gasteiger partial charge in [0.1, 0.15) is 0 Å². The monoisotopic (exact) mass is 224 g/mol. The molecule has 3 heteroatoms. The van der Waals surface area contributed by atoms with Crippen LogP contribution in [0, 0.1) is 0 Å². The van der Waals surface area contributed by atoms with Crippen molar-refractivity contribution >= 4 is 34.1 Å². The van der Waals surface area contributed by atoms with E-state index >= 15 is 0 Å². The summed E-state index contributed by atoms with van der Waals surface area (Å²) in [6.07, 6.45) is 1.02. The number of benzene rings is 1. The van der Waals surface area contributed by atoms with Gasteiger partial charge in [-0.1, -0.05) is 6.92 Å². The van der Waals surface area contributed by atoms with Crippen LogP contribution in [0.15, 0.2) is 23.1 Å². The standard InChI is InChI=1S/C11H12OS2/c1-2-7-3-10(13)9-5-8(6-12)14-11(9)4-7/h3-5,12-13H,2,6H2,1H3. The van der Waals surface area contributed by atoms with Gasteiger partial charge in [-0.2, -0.15) is 0 Å². The highest BCUT2D eigenvalue weighted by atomic mass is 32.1. The van der Waals surface area contributed by atoms with E-state index in [-0.39, 0.29) is 6.61 Å². The largest absolute Gasteiger partial charge is 0.391 e. The molecular weight excluding hydrogens is 212 g/mol. The van der Waals surface area contributed by atoms with Gasteiger partial charge in [0.15, 0.2) is 0 Å². The van der Waals surface area contributed by atoms with Gasteiger partial charge in [0.05, 0.1) is 6.61 Å². The van der Waals surface area contributed by atoms with Gasteiger partial charge in [0, 0.05) is 19.9 Å². The summed E-state index contributed by atoms with van der Waals surface area (Å²) in [6.45, 7) is 2.25. The van der Waals surface area contributed by atoms with Crippen molar-refractivity contribution in [3.05, 3.63) is 28.6 Å². The van der Waals surface area contributed by atoms with Crippen LogP contribution in [0.1, 0.15) is 17.4 Å². The maximum Gasteiger partial charge on any atom is 0.0774 e.